The highest BCUT2D eigenvalue weighted by Gasteiger charge is 2.22. The Morgan fingerprint density at radius 3 is 2.74 bits per heavy atom. The van der Waals surface area contributed by atoms with Crippen LogP contribution < -0.4 is 20.9 Å². The summed E-state index contributed by atoms with van der Waals surface area (Å²) in [5, 5.41) is 11.0. The fourth-order valence-corrected chi connectivity index (χ4v) is 3.64. The third-order valence-corrected chi connectivity index (χ3v) is 5.25. The molecule has 1 saturated heterocycles. The van der Waals surface area contributed by atoms with E-state index in [2.05, 4.69) is 32.8 Å². The van der Waals surface area contributed by atoms with E-state index in [0.29, 0.717) is 36.5 Å². The van der Waals surface area contributed by atoms with Crippen molar-refractivity contribution in [3.63, 3.8) is 0 Å². The largest absolute Gasteiger partial charge is 0.380 e. The number of rotatable bonds is 10. The molecule has 1 aliphatic rings. The van der Waals surface area contributed by atoms with Crippen molar-refractivity contribution < 1.29 is 4.74 Å². The Hall–Kier alpha value is -2.42. The molecule has 1 fully saturated rings. The number of aromatic nitrogens is 2. The molecule has 3 N–H and O–H groups in total. The topological polar surface area (TPSA) is 86.7 Å². The zero-order chi connectivity index (χ0) is 22.1. The molecule has 0 atom stereocenters. The molecule has 0 unspecified atom stereocenters. The molecule has 8 nitrogen and oxygen atoms in total. The number of benzene rings is 1. The van der Waals surface area contributed by atoms with Gasteiger partial charge in [-0.1, -0.05) is 24.6 Å². The van der Waals surface area contributed by atoms with Crippen molar-refractivity contribution in [1.29, 1.82) is 0 Å². The van der Waals surface area contributed by atoms with Gasteiger partial charge < -0.3 is 25.6 Å². The van der Waals surface area contributed by atoms with Crippen molar-refractivity contribution >= 4 is 40.5 Å². The number of hydrogen-bond acceptors (Lipinski definition) is 8. The highest BCUT2D eigenvalue weighted by Crippen LogP contribution is 2.31. The fraction of sp³-hybridized carbons (Fsp3) is 0.500. The number of anilines is 4. The van der Waals surface area contributed by atoms with Gasteiger partial charge in [-0.25, -0.2) is 4.98 Å². The first-order valence-electron chi connectivity index (χ1n) is 10.8. The van der Waals surface area contributed by atoms with Gasteiger partial charge in [0.1, 0.15) is 11.4 Å². The summed E-state index contributed by atoms with van der Waals surface area (Å²) < 4.78 is 5.51. The molecule has 3 rings (SSSR count). The van der Waals surface area contributed by atoms with Crippen molar-refractivity contribution in [2.45, 2.75) is 20.3 Å². The molecule has 0 aliphatic carbocycles. The first kappa shape index (κ1) is 23.2. The van der Waals surface area contributed by atoms with Crippen LogP contribution in [0.4, 0.5) is 23.1 Å². The van der Waals surface area contributed by atoms with Crippen LogP contribution in [0.1, 0.15) is 26.0 Å². The maximum absolute atomic E-state index is 6.21. The first-order valence-corrected chi connectivity index (χ1v) is 11.2. The average Bonchev–Trinajstić information content (AvgIpc) is 2.79. The van der Waals surface area contributed by atoms with E-state index in [1.54, 1.807) is 7.05 Å². The number of nitrogens with one attached hydrogen (secondary N) is 3. The van der Waals surface area contributed by atoms with E-state index >= 15 is 0 Å². The van der Waals surface area contributed by atoms with Crippen LogP contribution in [0.15, 0.2) is 29.3 Å². The Balaban J connectivity index is 2.05. The normalized spacial score (nSPS) is 14.6. The van der Waals surface area contributed by atoms with Gasteiger partial charge in [0.2, 0.25) is 5.95 Å². The maximum atomic E-state index is 6.21. The minimum atomic E-state index is 0.594. The number of piperazine rings is 1. The summed E-state index contributed by atoms with van der Waals surface area (Å²) in [6, 6.07) is 7.62. The van der Waals surface area contributed by atoms with E-state index in [9.17, 15) is 0 Å². The van der Waals surface area contributed by atoms with Crippen LogP contribution in [-0.4, -0.2) is 68.7 Å². The van der Waals surface area contributed by atoms with E-state index in [4.69, 9.17) is 26.3 Å². The van der Waals surface area contributed by atoms with Crippen LogP contribution in [0, 0.1) is 0 Å². The summed E-state index contributed by atoms with van der Waals surface area (Å²) in [6.07, 6.45) is 0.769. The van der Waals surface area contributed by atoms with Crippen LogP contribution in [0.2, 0.25) is 5.02 Å². The van der Waals surface area contributed by atoms with Crippen molar-refractivity contribution in [3.8, 4) is 0 Å². The van der Waals surface area contributed by atoms with Crippen LogP contribution in [0.5, 0.6) is 0 Å². The number of nitrogens with zero attached hydrogens (tertiary/aromatic N) is 4. The third kappa shape index (κ3) is 6.29. The predicted molar refractivity (Wildman–Crippen MR) is 130 cm³/mol. The van der Waals surface area contributed by atoms with Crippen molar-refractivity contribution in [2.24, 2.45) is 4.99 Å². The Labute approximate surface area is 189 Å². The smallest absolute Gasteiger partial charge is 0.228 e. The minimum absolute atomic E-state index is 0.594. The molecular formula is C22H32ClN7O. The van der Waals surface area contributed by atoms with Crippen molar-refractivity contribution in [3.05, 3.63) is 35.0 Å². The van der Waals surface area contributed by atoms with Gasteiger partial charge in [0, 0.05) is 57.1 Å². The molecule has 0 radical (unpaired) electrons. The van der Waals surface area contributed by atoms with Crippen LogP contribution >= 0.6 is 11.6 Å². The third-order valence-electron chi connectivity index (χ3n) is 5.01. The quantitative estimate of drug-likeness (QED) is 0.380. The van der Waals surface area contributed by atoms with E-state index < -0.39 is 0 Å². The molecule has 31 heavy (non-hydrogen) atoms. The highest BCUT2D eigenvalue weighted by atomic mass is 35.5. The zero-order valence-corrected chi connectivity index (χ0v) is 19.3. The summed E-state index contributed by atoms with van der Waals surface area (Å²) in [7, 11) is 1.81. The van der Waals surface area contributed by atoms with E-state index in [1.807, 2.05) is 31.2 Å². The van der Waals surface area contributed by atoms with Gasteiger partial charge in [-0.2, -0.15) is 4.98 Å². The second-order valence-corrected chi connectivity index (χ2v) is 7.55. The van der Waals surface area contributed by atoms with E-state index in [1.165, 1.54) is 0 Å². The molecule has 168 valence electrons. The Morgan fingerprint density at radius 1 is 1.26 bits per heavy atom. The van der Waals surface area contributed by atoms with Gasteiger partial charge in [0.25, 0.3) is 0 Å². The molecule has 1 aliphatic heterocycles. The van der Waals surface area contributed by atoms with Gasteiger partial charge in [-0.15, -0.1) is 0 Å². The lowest BCUT2D eigenvalue weighted by Gasteiger charge is -2.29. The lowest BCUT2D eigenvalue weighted by atomic mass is 10.1. The van der Waals surface area contributed by atoms with Crippen LogP contribution in [-0.2, 0) is 4.74 Å². The molecule has 0 bridgehead atoms. The predicted octanol–water partition coefficient (Wildman–Crippen LogP) is 3.56. The van der Waals surface area contributed by atoms with Gasteiger partial charge >= 0.3 is 0 Å². The molecule has 0 saturated carbocycles. The lowest BCUT2D eigenvalue weighted by molar-refractivity contribution is 0.158. The van der Waals surface area contributed by atoms with Crippen molar-refractivity contribution in [1.82, 2.24) is 15.3 Å². The van der Waals surface area contributed by atoms with E-state index in [-0.39, 0.29) is 0 Å². The minimum Gasteiger partial charge on any atom is -0.380 e. The van der Waals surface area contributed by atoms with Crippen LogP contribution in [0.3, 0.4) is 0 Å². The standard InChI is InChI=1S/C22H32ClN7O/c1-4-18(24-3)19-20(26-11-14-31-5-2)21(27-17-8-6-7-16(23)15-17)29-22(28-19)30-12-9-25-10-13-30/h6-8,15,25-26H,4-5,9-14H2,1-3H3,(H,27,28,29)/b24-18-. The SMILES string of the molecule is CCOCCNc1c(Nc2cccc(Cl)c2)nc(N2CCNCC2)nc1/C(CC)=N\C. The number of halogens is 1. The van der Waals surface area contributed by atoms with Gasteiger partial charge in [0.05, 0.1) is 12.3 Å². The average molecular weight is 446 g/mol. The second kappa shape index (κ2) is 11.8. The molecule has 1 aromatic carbocycles. The summed E-state index contributed by atoms with van der Waals surface area (Å²) >= 11 is 6.21. The zero-order valence-electron chi connectivity index (χ0n) is 18.5. The molecule has 2 aromatic rings. The first-order chi connectivity index (χ1) is 15.2. The number of aliphatic imine (C=N–C) groups is 1. The Kier molecular flexibility index (Phi) is 8.87. The molecule has 0 amide bonds. The monoisotopic (exact) mass is 445 g/mol. The summed E-state index contributed by atoms with van der Waals surface area (Å²) in [5.41, 5.74) is 3.42. The second-order valence-electron chi connectivity index (χ2n) is 7.12. The molecule has 9 heteroatoms. The molecule has 1 aromatic heterocycles. The maximum Gasteiger partial charge on any atom is 0.228 e. The summed E-state index contributed by atoms with van der Waals surface area (Å²) in [4.78, 5) is 16.6. The van der Waals surface area contributed by atoms with Gasteiger partial charge in [0.15, 0.2) is 5.82 Å². The van der Waals surface area contributed by atoms with E-state index in [0.717, 1.165) is 55.4 Å². The Morgan fingerprint density at radius 2 is 2.06 bits per heavy atom. The fourth-order valence-electron chi connectivity index (χ4n) is 3.45. The summed E-state index contributed by atoms with van der Waals surface area (Å²) in [5.74, 6) is 1.40. The number of hydrogen-bond donors (Lipinski definition) is 3. The number of ether oxygens (including phenoxy) is 1. The van der Waals surface area contributed by atoms with Crippen LogP contribution in [0.25, 0.3) is 0 Å². The molecule has 0 spiro atoms. The van der Waals surface area contributed by atoms with Gasteiger partial charge in [-0.05, 0) is 31.5 Å². The summed E-state index contributed by atoms with van der Waals surface area (Å²) in [6.45, 7) is 9.52. The molecule has 2 heterocycles. The van der Waals surface area contributed by atoms with Crippen molar-refractivity contribution in [2.75, 3.05) is 68.5 Å². The molecular weight excluding hydrogens is 414 g/mol. The van der Waals surface area contributed by atoms with Gasteiger partial charge in [-0.3, -0.25) is 4.99 Å². The lowest BCUT2D eigenvalue weighted by Crippen LogP contribution is -2.44. The Bertz CT molecular complexity index is 884. The highest BCUT2D eigenvalue weighted by molar-refractivity contribution is 6.30.